The van der Waals surface area contributed by atoms with Gasteiger partial charge in [-0.05, 0) is 38.8 Å². The van der Waals surface area contributed by atoms with Gasteiger partial charge < -0.3 is 15.0 Å². The quantitative estimate of drug-likeness (QED) is 0.896. The molecule has 0 bridgehead atoms. The molecule has 1 aliphatic heterocycles. The summed E-state index contributed by atoms with van der Waals surface area (Å²) in [5, 5.41) is 3.80. The van der Waals surface area contributed by atoms with Crippen LogP contribution in [0.2, 0.25) is 5.02 Å². The Labute approximate surface area is 119 Å². The first-order valence-corrected chi connectivity index (χ1v) is 7.08. The van der Waals surface area contributed by atoms with Crippen LogP contribution in [-0.2, 0) is 0 Å². The zero-order valence-corrected chi connectivity index (χ0v) is 12.3. The highest BCUT2D eigenvalue weighted by molar-refractivity contribution is 6.32. The minimum atomic E-state index is 0.372. The van der Waals surface area contributed by atoms with Gasteiger partial charge in [-0.3, -0.25) is 0 Å². The van der Waals surface area contributed by atoms with E-state index in [-0.39, 0.29) is 0 Å². The van der Waals surface area contributed by atoms with Crippen LogP contribution in [0.25, 0.3) is 0 Å². The second-order valence-electron chi connectivity index (χ2n) is 4.85. The molecule has 0 aromatic carbocycles. The second-order valence-corrected chi connectivity index (χ2v) is 5.26. The van der Waals surface area contributed by atoms with Gasteiger partial charge in [0.1, 0.15) is 5.02 Å². The fourth-order valence-corrected chi connectivity index (χ4v) is 2.66. The molecule has 1 N–H and O–H groups in total. The smallest absolute Gasteiger partial charge is 0.318 e. The maximum absolute atomic E-state index is 6.17. The Bertz CT molecular complexity index is 408. The van der Waals surface area contributed by atoms with E-state index in [0.29, 0.717) is 11.0 Å². The molecule has 1 fully saturated rings. The molecule has 1 saturated heterocycles. The van der Waals surface area contributed by atoms with E-state index in [4.69, 9.17) is 16.3 Å². The van der Waals surface area contributed by atoms with Gasteiger partial charge in [-0.1, -0.05) is 11.6 Å². The highest BCUT2D eigenvalue weighted by Gasteiger charge is 2.22. The molecular weight excluding hydrogens is 264 g/mol. The van der Waals surface area contributed by atoms with Crippen LogP contribution in [0, 0.1) is 5.92 Å². The third-order valence-corrected chi connectivity index (χ3v) is 3.87. The Morgan fingerprint density at radius 2 is 2.21 bits per heavy atom. The van der Waals surface area contributed by atoms with Gasteiger partial charge in [0, 0.05) is 13.1 Å². The van der Waals surface area contributed by atoms with Crippen molar-refractivity contribution in [1.82, 2.24) is 15.3 Å². The van der Waals surface area contributed by atoms with Crippen molar-refractivity contribution in [2.75, 3.05) is 38.7 Å². The van der Waals surface area contributed by atoms with Gasteiger partial charge in [-0.25, -0.2) is 4.98 Å². The zero-order chi connectivity index (χ0) is 13.7. The van der Waals surface area contributed by atoms with Crippen LogP contribution in [0.3, 0.4) is 0 Å². The van der Waals surface area contributed by atoms with Crippen LogP contribution in [0.5, 0.6) is 6.01 Å². The number of nitrogens with one attached hydrogen (secondary N) is 1. The van der Waals surface area contributed by atoms with E-state index in [9.17, 15) is 0 Å². The first kappa shape index (κ1) is 14.3. The van der Waals surface area contributed by atoms with Crippen LogP contribution < -0.4 is 15.0 Å². The largest absolute Gasteiger partial charge is 0.467 e. The van der Waals surface area contributed by atoms with E-state index in [1.165, 1.54) is 19.3 Å². The molecule has 0 atom stereocenters. The lowest BCUT2D eigenvalue weighted by molar-refractivity contribution is 0.368. The van der Waals surface area contributed by atoms with E-state index in [0.717, 1.165) is 31.4 Å². The van der Waals surface area contributed by atoms with Gasteiger partial charge in [0.2, 0.25) is 0 Å². The van der Waals surface area contributed by atoms with Gasteiger partial charge in [-0.15, -0.1) is 0 Å². The Balaban J connectivity index is 1.97. The number of hydrogen-bond acceptors (Lipinski definition) is 5. The number of nitrogens with zero attached hydrogens (tertiary/aromatic N) is 3. The number of methoxy groups -OCH3 is 1. The molecule has 0 unspecified atom stereocenters. The molecule has 2 rings (SSSR count). The molecule has 2 heterocycles. The first-order valence-electron chi connectivity index (χ1n) is 6.70. The third-order valence-electron chi connectivity index (χ3n) is 3.60. The van der Waals surface area contributed by atoms with Gasteiger partial charge in [-0.2, -0.15) is 4.98 Å². The summed E-state index contributed by atoms with van der Waals surface area (Å²) in [4.78, 5) is 10.6. The summed E-state index contributed by atoms with van der Waals surface area (Å²) in [6, 6.07) is 0.372. The van der Waals surface area contributed by atoms with Crippen LogP contribution in [0.15, 0.2) is 6.20 Å². The summed E-state index contributed by atoms with van der Waals surface area (Å²) in [5.74, 6) is 1.59. The number of ether oxygens (including phenoxy) is 1. The van der Waals surface area contributed by atoms with Crippen molar-refractivity contribution in [3.63, 3.8) is 0 Å². The summed E-state index contributed by atoms with van der Waals surface area (Å²) in [7, 11) is 3.57. The Hall–Kier alpha value is -1.07. The molecule has 0 spiro atoms. The molecule has 1 aliphatic rings. The van der Waals surface area contributed by atoms with E-state index >= 15 is 0 Å². The molecule has 1 aromatic rings. The average molecular weight is 285 g/mol. The topological polar surface area (TPSA) is 50.3 Å². The summed E-state index contributed by atoms with van der Waals surface area (Å²) < 4.78 is 5.06. The predicted octanol–water partition coefficient (Wildman–Crippen LogP) is 1.96. The molecule has 0 saturated carbocycles. The predicted molar refractivity (Wildman–Crippen MR) is 77.1 cm³/mol. The number of piperidine rings is 1. The van der Waals surface area contributed by atoms with E-state index in [2.05, 4.69) is 20.2 Å². The Morgan fingerprint density at radius 1 is 1.47 bits per heavy atom. The third kappa shape index (κ3) is 3.70. The number of anilines is 1. The molecule has 0 radical (unpaired) electrons. The Morgan fingerprint density at radius 3 is 2.84 bits per heavy atom. The van der Waals surface area contributed by atoms with Crippen LogP contribution in [0.1, 0.15) is 19.3 Å². The van der Waals surface area contributed by atoms with E-state index in [1.807, 2.05) is 7.05 Å². The molecule has 106 valence electrons. The van der Waals surface area contributed by atoms with Crippen molar-refractivity contribution < 1.29 is 4.74 Å². The van der Waals surface area contributed by atoms with Gasteiger partial charge in [0.05, 0.1) is 13.3 Å². The standard InChI is InChI=1S/C13H21ClN4O/c1-15-6-3-10-4-7-18(8-5-10)12-11(14)9-16-13(17-12)19-2/h9-10,15H,3-8H2,1-2H3. The molecule has 0 amide bonds. The van der Waals surface area contributed by atoms with Gasteiger partial charge in [0.15, 0.2) is 5.82 Å². The van der Waals surface area contributed by atoms with Crippen LogP contribution >= 0.6 is 11.6 Å². The van der Waals surface area contributed by atoms with Gasteiger partial charge >= 0.3 is 6.01 Å². The van der Waals surface area contributed by atoms with Crippen LogP contribution in [-0.4, -0.2) is 43.8 Å². The maximum atomic E-state index is 6.17. The van der Waals surface area contributed by atoms with Crippen molar-refractivity contribution in [1.29, 1.82) is 0 Å². The fourth-order valence-electron chi connectivity index (χ4n) is 2.44. The van der Waals surface area contributed by atoms with Crippen molar-refractivity contribution >= 4 is 17.4 Å². The molecule has 0 aliphatic carbocycles. The normalized spacial score (nSPS) is 16.7. The van der Waals surface area contributed by atoms with E-state index in [1.54, 1.807) is 13.3 Å². The number of rotatable bonds is 5. The molecule has 19 heavy (non-hydrogen) atoms. The monoisotopic (exact) mass is 284 g/mol. The van der Waals surface area contributed by atoms with Gasteiger partial charge in [0.25, 0.3) is 0 Å². The lowest BCUT2D eigenvalue weighted by Crippen LogP contribution is -2.35. The minimum absolute atomic E-state index is 0.372. The summed E-state index contributed by atoms with van der Waals surface area (Å²) in [6.07, 6.45) is 5.22. The Kier molecular flexibility index (Phi) is 5.22. The lowest BCUT2D eigenvalue weighted by Gasteiger charge is -2.33. The summed E-state index contributed by atoms with van der Waals surface area (Å²) >= 11 is 6.17. The van der Waals surface area contributed by atoms with Crippen molar-refractivity contribution in [2.45, 2.75) is 19.3 Å². The van der Waals surface area contributed by atoms with E-state index < -0.39 is 0 Å². The zero-order valence-electron chi connectivity index (χ0n) is 11.5. The fraction of sp³-hybridized carbons (Fsp3) is 0.692. The molecular formula is C13H21ClN4O. The SMILES string of the molecule is CNCCC1CCN(c2nc(OC)ncc2Cl)CC1. The minimum Gasteiger partial charge on any atom is -0.467 e. The molecule has 1 aromatic heterocycles. The maximum Gasteiger partial charge on any atom is 0.318 e. The van der Waals surface area contributed by atoms with Crippen molar-refractivity contribution in [2.24, 2.45) is 5.92 Å². The van der Waals surface area contributed by atoms with Crippen LogP contribution in [0.4, 0.5) is 5.82 Å². The second kappa shape index (κ2) is 6.91. The number of aromatic nitrogens is 2. The average Bonchev–Trinajstić information content (AvgIpc) is 2.46. The van der Waals surface area contributed by atoms with Crippen molar-refractivity contribution in [3.05, 3.63) is 11.2 Å². The number of halogens is 1. The highest BCUT2D eigenvalue weighted by atomic mass is 35.5. The molecule has 6 heteroatoms. The highest BCUT2D eigenvalue weighted by Crippen LogP contribution is 2.29. The summed E-state index contributed by atoms with van der Waals surface area (Å²) in [5.41, 5.74) is 0. The molecule has 5 nitrogen and oxygen atoms in total. The number of hydrogen-bond donors (Lipinski definition) is 1. The summed E-state index contributed by atoms with van der Waals surface area (Å²) in [6.45, 7) is 3.08. The lowest BCUT2D eigenvalue weighted by atomic mass is 9.93. The first-order chi connectivity index (χ1) is 9.24. The van der Waals surface area contributed by atoms with Crippen molar-refractivity contribution in [3.8, 4) is 6.01 Å².